The van der Waals surface area contributed by atoms with Gasteiger partial charge in [-0.25, -0.2) is 4.98 Å². The summed E-state index contributed by atoms with van der Waals surface area (Å²) in [6.07, 6.45) is 2.05. The first-order valence-electron chi connectivity index (χ1n) is 10.5. The van der Waals surface area contributed by atoms with Gasteiger partial charge in [-0.1, -0.05) is 58.0 Å². The third-order valence-electron chi connectivity index (χ3n) is 4.82. The summed E-state index contributed by atoms with van der Waals surface area (Å²) in [7, 11) is 0. The maximum Gasteiger partial charge on any atom is 0.255 e. The molecule has 3 aromatic rings. The fourth-order valence-corrected chi connectivity index (χ4v) is 4.89. The molecular weight excluding hydrogens is 426 g/mol. The molecule has 0 unspecified atom stereocenters. The molecule has 1 heterocycles. The molecule has 0 saturated heterocycles. The Morgan fingerprint density at radius 3 is 2.52 bits per heavy atom. The van der Waals surface area contributed by atoms with Gasteiger partial charge in [-0.2, -0.15) is 0 Å². The molecule has 0 saturated carbocycles. The van der Waals surface area contributed by atoms with Crippen molar-refractivity contribution in [1.29, 1.82) is 0 Å². The number of unbranched alkanes of at least 4 members (excludes halogenated alkanes) is 1. The van der Waals surface area contributed by atoms with Gasteiger partial charge < -0.3 is 10.6 Å². The number of rotatable bonds is 8. The Morgan fingerprint density at radius 1 is 1.10 bits per heavy atom. The summed E-state index contributed by atoms with van der Waals surface area (Å²) in [5.41, 5.74) is 3.47. The highest BCUT2D eigenvalue weighted by Crippen LogP contribution is 2.31. The molecule has 2 N–H and O–H groups in total. The van der Waals surface area contributed by atoms with Crippen LogP contribution in [0.4, 0.5) is 5.69 Å². The van der Waals surface area contributed by atoms with Crippen LogP contribution in [0.5, 0.6) is 0 Å². The van der Waals surface area contributed by atoms with Crippen molar-refractivity contribution >= 4 is 50.8 Å². The van der Waals surface area contributed by atoms with Gasteiger partial charge >= 0.3 is 0 Å². The Labute approximate surface area is 192 Å². The van der Waals surface area contributed by atoms with E-state index in [-0.39, 0.29) is 17.2 Å². The normalized spacial score (nSPS) is 11.5. The molecule has 7 heteroatoms. The van der Waals surface area contributed by atoms with Crippen molar-refractivity contribution in [3.63, 3.8) is 0 Å². The van der Waals surface area contributed by atoms with Crippen LogP contribution in [0.15, 0.2) is 46.8 Å². The predicted octanol–water partition coefficient (Wildman–Crippen LogP) is 5.85. The number of benzene rings is 2. The number of thioether (sulfide) groups is 1. The van der Waals surface area contributed by atoms with Crippen molar-refractivity contribution in [2.24, 2.45) is 0 Å². The molecular formula is C24H29N3O2S2. The number of amides is 2. The zero-order valence-electron chi connectivity index (χ0n) is 18.5. The monoisotopic (exact) mass is 455 g/mol. The molecule has 0 aliphatic carbocycles. The molecule has 2 amide bonds. The van der Waals surface area contributed by atoms with E-state index in [1.54, 1.807) is 0 Å². The molecule has 3 rings (SSSR count). The smallest absolute Gasteiger partial charge is 0.255 e. The van der Waals surface area contributed by atoms with Gasteiger partial charge in [0.2, 0.25) is 5.91 Å². The number of fused-ring (bicyclic) bond motifs is 1. The maximum absolute atomic E-state index is 12.6. The lowest BCUT2D eigenvalue weighted by atomic mass is 9.87. The summed E-state index contributed by atoms with van der Waals surface area (Å²) >= 11 is 2.97. The molecule has 1 aromatic heterocycles. The molecule has 164 valence electrons. The highest BCUT2D eigenvalue weighted by Gasteiger charge is 2.15. The van der Waals surface area contributed by atoms with E-state index in [2.05, 4.69) is 43.3 Å². The lowest BCUT2D eigenvalue weighted by Crippen LogP contribution is -2.25. The lowest BCUT2D eigenvalue weighted by molar-refractivity contribution is -0.118. The molecule has 2 aromatic carbocycles. The molecule has 0 radical (unpaired) electrons. The molecule has 0 spiro atoms. The van der Waals surface area contributed by atoms with Crippen LogP contribution in [0.25, 0.3) is 10.2 Å². The Morgan fingerprint density at radius 2 is 1.84 bits per heavy atom. The number of anilines is 1. The standard InChI is InChI=1S/C24H29N3O2S2/c1-5-6-13-25-21(28)15-30-23-27-19-12-11-18(14-20(19)31-23)26-22(29)16-7-9-17(10-8-16)24(2,3)4/h7-12,14H,5-6,13,15H2,1-4H3,(H,25,28)(H,26,29). The Kier molecular flexibility index (Phi) is 7.73. The fraction of sp³-hybridized carbons (Fsp3) is 0.375. The summed E-state index contributed by atoms with van der Waals surface area (Å²) in [5.74, 6) is 0.253. The molecule has 5 nitrogen and oxygen atoms in total. The second-order valence-corrected chi connectivity index (χ2v) is 10.7. The number of hydrogen-bond acceptors (Lipinski definition) is 5. The first-order chi connectivity index (χ1) is 14.8. The highest BCUT2D eigenvalue weighted by atomic mass is 32.2. The van der Waals surface area contributed by atoms with Crippen molar-refractivity contribution in [2.45, 2.75) is 50.3 Å². The van der Waals surface area contributed by atoms with Gasteiger partial charge in [0.1, 0.15) is 0 Å². The maximum atomic E-state index is 12.6. The van der Waals surface area contributed by atoms with Crippen LogP contribution in [0.1, 0.15) is 56.5 Å². The van der Waals surface area contributed by atoms with E-state index >= 15 is 0 Å². The Balaban J connectivity index is 1.62. The van der Waals surface area contributed by atoms with E-state index < -0.39 is 0 Å². The second-order valence-electron chi connectivity index (χ2n) is 8.44. The second kappa shape index (κ2) is 10.3. The summed E-state index contributed by atoms with van der Waals surface area (Å²) in [4.78, 5) is 29.1. The zero-order chi connectivity index (χ0) is 22.4. The van der Waals surface area contributed by atoms with E-state index in [1.807, 2.05) is 42.5 Å². The lowest BCUT2D eigenvalue weighted by Gasteiger charge is -2.19. The first-order valence-corrected chi connectivity index (χ1v) is 12.3. The molecule has 0 atom stereocenters. The number of carbonyl (C=O) groups excluding carboxylic acids is 2. The van der Waals surface area contributed by atoms with Crippen LogP contribution in [-0.2, 0) is 10.2 Å². The van der Waals surface area contributed by atoms with E-state index in [4.69, 9.17) is 0 Å². The van der Waals surface area contributed by atoms with Crippen molar-refractivity contribution in [3.05, 3.63) is 53.6 Å². The van der Waals surface area contributed by atoms with Gasteiger partial charge in [0.15, 0.2) is 4.34 Å². The highest BCUT2D eigenvalue weighted by molar-refractivity contribution is 8.01. The van der Waals surface area contributed by atoms with Crippen molar-refractivity contribution in [3.8, 4) is 0 Å². The number of nitrogens with one attached hydrogen (secondary N) is 2. The zero-order valence-corrected chi connectivity index (χ0v) is 20.1. The van der Waals surface area contributed by atoms with Gasteiger partial charge in [0.25, 0.3) is 5.91 Å². The van der Waals surface area contributed by atoms with Gasteiger partial charge in [-0.15, -0.1) is 11.3 Å². The van der Waals surface area contributed by atoms with E-state index in [9.17, 15) is 9.59 Å². The van der Waals surface area contributed by atoms with E-state index in [0.717, 1.165) is 39.6 Å². The topological polar surface area (TPSA) is 71.1 Å². The summed E-state index contributed by atoms with van der Waals surface area (Å²) in [5, 5.41) is 5.88. The number of aromatic nitrogens is 1. The fourth-order valence-electron chi connectivity index (χ4n) is 2.95. The number of carbonyl (C=O) groups is 2. The quantitative estimate of drug-likeness (QED) is 0.330. The van der Waals surface area contributed by atoms with Crippen LogP contribution < -0.4 is 10.6 Å². The van der Waals surface area contributed by atoms with Crippen LogP contribution >= 0.6 is 23.1 Å². The Bertz CT molecular complexity index is 1050. The third-order valence-corrected chi connectivity index (χ3v) is 6.98. The molecule has 31 heavy (non-hydrogen) atoms. The van der Waals surface area contributed by atoms with Gasteiger partial charge in [-0.05, 0) is 47.7 Å². The Hall–Kier alpha value is -2.38. The van der Waals surface area contributed by atoms with Crippen molar-refractivity contribution < 1.29 is 9.59 Å². The van der Waals surface area contributed by atoms with Gasteiger partial charge in [0.05, 0.1) is 16.0 Å². The number of hydrogen-bond donors (Lipinski definition) is 2. The van der Waals surface area contributed by atoms with Crippen molar-refractivity contribution in [1.82, 2.24) is 10.3 Å². The SMILES string of the molecule is CCCCNC(=O)CSc1nc2ccc(NC(=O)c3ccc(C(C)(C)C)cc3)cc2s1. The minimum absolute atomic E-state index is 0.0307. The molecule has 0 fully saturated rings. The first kappa shape index (κ1) is 23.3. The van der Waals surface area contributed by atoms with Crippen LogP contribution in [0.3, 0.4) is 0 Å². The van der Waals surface area contributed by atoms with Crippen molar-refractivity contribution in [2.75, 3.05) is 17.6 Å². The summed E-state index contributed by atoms with van der Waals surface area (Å²) < 4.78 is 1.83. The van der Waals surface area contributed by atoms with E-state index in [0.29, 0.717) is 11.3 Å². The number of thiazole rings is 1. The minimum Gasteiger partial charge on any atom is -0.355 e. The van der Waals surface area contributed by atoms with Crippen LogP contribution in [0, 0.1) is 0 Å². The average Bonchev–Trinajstić information content (AvgIpc) is 3.14. The molecule has 0 bridgehead atoms. The van der Waals surface area contributed by atoms with Crippen LogP contribution in [-0.4, -0.2) is 29.1 Å². The van der Waals surface area contributed by atoms with Gasteiger partial charge in [-0.3, -0.25) is 9.59 Å². The predicted molar refractivity (Wildman–Crippen MR) is 131 cm³/mol. The molecule has 0 aliphatic rings. The van der Waals surface area contributed by atoms with Crippen LogP contribution in [0.2, 0.25) is 0 Å². The summed E-state index contributed by atoms with van der Waals surface area (Å²) in [6.45, 7) is 9.27. The largest absolute Gasteiger partial charge is 0.355 e. The average molecular weight is 456 g/mol. The number of nitrogens with zero attached hydrogens (tertiary/aromatic N) is 1. The molecule has 0 aliphatic heterocycles. The van der Waals surface area contributed by atoms with E-state index in [1.165, 1.54) is 28.7 Å². The van der Waals surface area contributed by atoms with Gasteiger partial charge in [0, 0.05) is 17.8 Å². The third kappa shape index (κ3) is 6.55. The minimum atomic E-state index is -0.136. The summed E-state index contributed by atoms with van der Waals surface area (Å²) in [6, 6.07) is 13.4.